The number of aryl methyl sites for hydroxylation is 2. The van der Waals surface area contributed by atoms with E-state index in [9.17, 15) is 9.90 Å². The Bertz CT molecular complexity index is 1280. The molecule has 0 unspecified atom stereocenters. The lowest BCUT2D eigenvalue weighted by Crippen LogP contribution is -2.23. The molecule has 0 bridgehead atoms. The first-order chi connectivity index (χ1) is 17.0. The minimum Gasteiger partial charge on any atom is -0.506 e. The number of para-hydroxylation sites is 2. The summed E-state index contributed by atoms with van der Waals surface area (Å²) in [5, 5.41) is 19.8. The van der Waals surface area contributed by atoms with Crippen molar-refractivity contribution >= 4 is 40.5 Å². The van der Waals surface area contributed by atoms with Gasteiger partial charge in [-0.15, -0.1) is 12.4 Å². The molecule has 0 saturated carbocycles. The Kier molecular flexibility index (Phi) is 9.34. The van der Waals surface area contributed by atoms with Crippen molar-refractivity contribution in [3.05, 3.63) is 102 Å². The predicted octanol–water partition coefficient (Wildman–Crippen LogP) is 6.54. The number of hydrogen-bond donors (Lipinski definition) is 2. The van der Waals surface area contributed by atoms with Gasteiger partial charge < -0.3 is 20.0 Å². The SMILES string of the molecule is CN(C)CCCN1c2ccccc2CCc2ccccc21.Cl.O=C(O)c1ccc2ccccc2c1O. The van der Waals surface area contributed by atoms with Gasteiger partial charge in [0.25, 0.3) is 0 Å². The fraction of sp³-hybridized carbons (Fsp3) is 0.233. The largest absolute Gasteiger partial charge is 0.506 e. The van der Waals surface area contributed by atoms with Crippen LogP contribution < -0.4 is 4.90 Å². The van der Waals surface area contributed by atoms with Gasteiger partial charge in [-0.25, -0.2) is 4.79 Å². The molecule has 5 nitrogen and oxygen atoms in total. The van der Waals surface area contributed by atoms with Crippen molar-refractivity contribution in [2.75, 3.05) is 32.1 Å². The van der Waals surface area contributed by atoms with Gasteiger partial charge in [-0.2, -0.15) is 0 Å². The molecule has 4 aromatic rings. The van der Waals surface area contributed by atoms with Gasteiger partial charge in [-0.05, 0) is 74.6 Å². The Labute approximate surface area is 219 Å². The number of hydrogen-bond acceptors (Lipinski definition) is 4. The summed E-state index contributed by atoms with van der Waals surface area (Å²) < 4.78 is 0. The molecule has 0 amide bonds. The molecule has 1 heterocycles. The number of nitrogens with zero attached hydrogens (tertiary/aromatic N) is 2. The van der Waals surface area contributed by atoms with Crippen molar-refractivity contribution in [3.63, 3.8) is 0 Å². The number of aromatic hydroxyl groups is 1. The quantitative estimate of drug-likeness (QED) is 0.323. The van der Waals surface area contributed by atoms with Crippen molar-refractivity contribution in [1.29, 1.82) is 0 Å². The van der Waals surface area contributed by atoms with Gasteiger partial charge in [0.05, 0.1) is 0 Å². The van der Waals surface area contributed by atoms with Gasteiger partial charge in [-0.1, -0.05) is 66.7 Å². The number of anilines is 2. The summed E-state index contributed by atoms with van der Waals surface area (Å²) in [5.41, 5.74) is 5.66. The van der Waals surface area contributed by atoms with Gasteiger partial charge in [0.15, 0.2) is 0 Å². The summed E-state index contributed by atoms with van der Waals surface area (Å²) >= 11 is 0. The van der Waals surface area contributed by atoms with E-state index in [0.717, 1.165) is 31.3 Å². The maximum atomic E-state index is 10.7. The zero-order chi connectivity index (χ0) is 24.8. The molecule has 2 N–H and O–H groups in total. The Morgan fingerprint density at radius 1 is 0.833 bits per heavy atom. The number of carbonyl (C=O) groups is 1. The van der Waals surface area contributed by atoms with Gasteiger partial charge in [0.2, 0.25) is 0 Å². The van der Waals surface area contributed by atoms with E-state index in [2.05, 4.69) is 72.4 Å². The van der Waals surface area contributed by atoms with E-state index in [1.54, 1.807) is 18.2 Å². The number of carboxylic acid groups (broad SMARTS) is 1. The standard InChI is InChI=1S/C19H24N2.C11H8O3.ClH/c1-20(2)14-7-15-21-18-10-5-3-8-16(18)12-13-17-9-4-6-11-19(17)21;12-10-8-4-2-1-3-7(8)5-6-9(10)11(13)14;/h3-6,8-11H,7,12-15H2,1-2H3;1-6,12H,(H,13,14);1H. The van der Waals surface area contributed by atoms with Crippen LogP contribution in [0, 0.1) is 0 Å². The number of benzene rings is 4. The van der Waals surface area contributed by atoms with Crippen LogP contribution in [-0.4, -0.2) is 48.3 Å². The van der Waals surface area contributed by atoms with Crippen LogP contribution in [0.15, 0.2) is 84.9 Å². The molecule has 0 fully saturated rings. The third-order valence-electron chi connectivity index (χ3n) is 6.35. The first-order valence-corrected chi connectivity index (χ1v) is 12.0. The summed E-state index contributed by atoms with van der Waals surface area (Å²) in [5.74, 6) is -1.29. The highest BCUT2D eigenvalue weighted by molar-refractivity contribution is 6.00. The highest BCUT2D eigenvalue weighted by atomic mass is 35.5. The van der Waals surface area contributed by atoms with E-state index < -0.39 is 5.97 Å². The van der Waals surface area contributed by atoms with Gasteiger partial charge >= 0.3 is 5.97 Å². The second-order valence-corrected chi connectivity index (χ2v) is 9.05. The lowest BCUT2D eigenvalue weighted by Gasteiger charge is -2.27. The van der Waals surface area contributed by atoms with Crippen molar-refractivity contribution in [2.24, 2.45) is 0 Å². The minimum absolute atomic E-state index is 0. The Morgan fingerprint density at radius 3 is 1.97 bits per heavy atom. The van der Waals surface area contributed by atoms with Gasteiger partial charge in [0, 0.05) is 23.3 Å². The third-order valence-corrected chi connectivity index (χ3v) is 6.35. The number of halogens is 1. The third kappa shape index (κ3) is 6.17. The lowest BCUT2D eigenvalue weighted by atomic mass is 10.0. The van der Waals surface area contributed by atoms with E-state index in [0.29, 0.717) is 5.39 Å². The number of rotatable bonds is 5. The van der Waals surface area contributed by atoms with Crippen molar-refractivity contribution in [1.82, 2.24) is 4.90 Å². The van der Waals surface area contributed by atoms with E-state index in [1.165, 1.54) is 35.0 Å². The molecule has 0 radical (unpaired) electrons. The first-order valence-electron chi connectivity index (χ1n) is 12.0. The molecular weight excluding hydrogens is 472 g/mol. The molecular formula is C30H33ClN2O3. The van der Waals surface area contributed by atoms with Crippen LogP contribution in [-0.2, 0) is 12.8 Å². The molecule has 188 valence electrons. The Hall–Kier alpha value is -3.54. The molecule has 5 rings (SSSR count). The normalized spacial score (nSPS) is 12.0. The second kappa shape index (κ2) is 12.4. The second-order valence-electron chi connectivity index (χ2n) is 9.05. The highest BCUT2D eigenvalue weighted by Gasteiger charge is 2.19. The molecule has 0 saturated heterocycles. The van der Waals surface area contributed by atoms with Gasteiger partial charge in [0.1, 0.15) is 11.3 Å². The van der Waals surface area contributed by atoms with Crippen LogP contribution in [0.25, 0.3) is 10.8 Å². The number of phenols is 1. The van der Waals surface area contributed by atoms with Crippen LogP contribution in [0.2, 0.25) is 0 Å². The minimum atomic E-state index is -1.12. The topological polar surface area (TPSA) is 64.0 Å². The van der Waals surface area contributed by atoms with E-state index >= 15 is 0 Å². The van der Waals surface area contributed by atoms with Crippen LogP contribution in [0.4, 0.5) is 11.4 Å². The molecule has 6 heteroatoms. The predicted molar refractivity (Wildman–Crippen MR) is 150 cm³/mol. The fourth-order valence-corrected chi connectivity index (χ4v) is 4.58. The summed E-state index contributed by atoms with van der Waals surface area (Å²) in [6.07, 6.45) is 3.45. The molecule has 0 aromatic heterocycles. The molecule has 36 heavy (non-hydrogen) atoms. The van der Waals surface area contributed by atoms with Crippen LogP contribution >= 0.6 is 12.4 Å². The summed E-state index contributed by atoms with van der Waals surface area (Å²) in [4.78, 5) is 15.5. The fourth-order valence-electron chi connectivity index (χ4n) is 4.58. The Morgan fingerprint density at radius 2 is 1.39 bits per heavy atom. The lowest BCUT2D eigenvalue weighted by molar-refractivity contribution is 0.0694. The van der Waals surface area contributed by atoms with Crippen molar-refractivity contribution < 1.29 is 15.0 Å². The zero-order valence-corrected chi connectivity index (χ0v) is 21.5. The monoisotopic (exact) mass is 504 g/mol. The number of aromatic carboxylic acids is 1. The average molecular weight is 505 g/mol. The van der Waals surface area contributed by atoms with E-state index in [1.807, 2.05) is 12.1 Å². The van der Waals surface area contributed by atoms with Gasteiger partial charge in [-0.3, -0.25) is 0 Å². The maximum Gasteiger partial charge on any atom is 0.339 e. The van der Waals surface area contributed by atoms with E-state index in [-0.39, 0.29) is 23.7 Å². The smallest absolute Gasteiger partial charge is 0.339 e. The maximum absolute atomic E-state index is 10.7. The molecule has 1 aliphatic heterocycles. The average Bonchev–Trinajstić information content (AvgIpc) is 3.02. The molecule has 0 atom stereocenters. The van der Waals surface area contributed by atoms with Crippen molar-refractivity contribution in [2.45, 2.75) is 19.3 Å². The summed E-state index contributed by atoms with van der Waals surface area (Å²) in [7, 11) is 4.29. The summed E-state index contributed by atoms with van der Waals surface area (Å²) in [6.45, 7) is 2.20. The number of carboxylic acids is 1. The van der Waals surface area contributed by atoms with Crippen LogP contribution in [0.1, 0.15) is 27.9 Å². The van der Waals surface area contributed by atoms with E-state index in [4.69, 9.17) is 5.11 Å². The molecule has 0 spiro atoms. The van der Waals surface area contributed by atoms with Crippen LogP contribution in [0.3, 0.4) is 0 Å². The zero-order valence-electron chi connectivity index (χ0n) is 20.7. The van der Waals surface area contributed by atoms with Crippen LogP contribution in [0.5, 0.6) is 5.75 Å². The Balaban J connectivity index is 0.000000210. The summed E-state index contributed by atoms with van der Waals surface area (Å²) in [6, 6.07) is 27.9. The molecule has 4 aromatic carbocycles. The molecule has 0 aliphatic carbocycles. The van der Waals surface area contributed by atoms with Crippen molar-refractivity contribution in [3.8, 4) is 5.75 Å². The highest BCUT2D eigenvalue weighted by Crippen LogP contribution is 2.35. The number of fused-ring (bicyclic) bond motifs is 3. The molecule has 1 aliphatic rings. The first kappa shape index (κ1) is 27.1.